The molecule has 0 radical (unpaired) electrons. The lowest BCUT2D eigenvalue weighted by Crippen LogP contribution is -2.51. The highest BCUT2D eigenvalue weighted by Crippen LogP contribution is 2.30. The Bertz CT molecular complexity index is 570. The van der Waals surface area contributed by atoms with Crippen LogP contribution in [0.3, 0.4) is 0 Å². The Morgan fingerprint density at radius 2 is 1.79 bits per heavy atom. The molecule has 0 aromatic heterocycles. The van der Waals surface area contributed by atoms with Crippen molar-refractivity contribution in [3.8, 4) is 0 Å². The fraction of sp³-hybridized carbons (Fsp3) is 0.650. The van der Waals surface area contributed by atoms with E-state index in [1.165, 1.54) is 23.4 Å². The Hall–Kier alpha value is -1.71. The van der Waals surface area contributed by atoms with Crippen molar-refractivity contribution in [2.75, 3.05) is 49.1 Å². The Labute approximate surface area is 146 Å². The van der Waals surface area contributed by atoms with E-state index in [4.69, 9.17) is 0 Å². The van der Waals surface area contributed by atoms with E-state index in [0.717, 1.165) is 52.1 Å². The minimum absolute atomic E-state index is 0.326. The molecule has 0 N–H and O–H groups in total. The summed E-state index contributed by atoms with van der Waals surface area (Å²) < 4.78 is 0. The molecule has 1 saturated heterocycles. The first-order valence-corrected chi connectivity index (χ1v) is 9.53. The molecule has 2 aliphatic rings. The van der Waals surface area contributed by atoms with Crippen LogP contribution in [0.15, 0.2) is 18.2 Å². The first-order valence-electron chi connectivity index (χ1n) is 9.53. The zero-order valence-electron chi connectivity index (χ0n) is 15.4. The van der Waals surface area contributed by atoms with E-state index in [-0.39, 0.29) is 0 Å². The van der Waals surface area contributed by atoms with E-state index in [1.807, 2.05) is 0 Å². The van der Waals surface area contributed by atoms with Crippen molar-refractivity contribution in [2.45, 2.75) is 40.0 Å². The molecule has 4 nitrogen and oxygen atoms in total. The summed E-state index contributed by atoms with van der Waals surface area (Å²) in [5, 5.41) is 0. The summed E-state index contributed by atoms with van der Waals surface area (Å²) in [6, 6.07) is 6.79. The first kappa shape index (κ1) is 17.1. The lowest BCUT2D eigenvalue weighted by Gasteiger charge is -2.39. The number of hydrogen-bond donors (Lipinski definition) is 0. The molecule has 4 heteroatoms. The van der Waals surface area contributed by atoms with Gasteiger partial charge in [-0.15, -0.1) is 0 Å². The van der Waals surface area contributed by atoms with Crippen molar-refractivity contribution in [2.24, 2.45) is 5.92 Å². The van der Waals surface area contributed by atoms with E-state index < -0.39 is 0 Å². The fourth-order valence-corrected chi connectivity index (χ4v) is 3.86. The molecule has 132 valence electrons. The number of benzene rings is 1. The Kier molecular flexibility index (Phi) is 5.32. The highest BCUT2D eigenvalue weighted by molar-refractivity contribution is 5.80. The Morgan fingerprint density at radius 1 is 1.12 bits per heavy atom. The van der Waals surface area contributed by atoms with Crippen LogP contribution in [-0.4, -0.2) is 50.1 Å². The molecule has 2 fully saturated rings. The van der Waals surface area contributed by atoms with Gasteiger partial charge in [-0.3, -0.25) is 4.79 Å². The van der Waals surface area contributed by atoms with Crippen molar-refractivity contribution in [3.05, 3.63) is 23.8 Å². The summed E-state index contributed by atoms with van der Waals surface area (Å²) in [6.45, 7) is 12.3. The number of carbonyl (C=O) groups excluding carboxylic acids is 1. The molecular formula is C20H31N3O. The minimum atomic E-state index is 0.326. The van der Waals surface area contributed by atoms with Gasteiger partial charge in [0, 0.05) is 56.6 Å². The van der Waals surface area contributed by atoms with Crippen molar-refractivity contribution in [3.63, 3.8) is 0 Å². The molecule has 0 bridgehead atoms. The third-order valence-electron chi connectivity index (χ3n) is 5.70. The van der Waals surface area contributed by atoms with Crippen LogP contribution in [0.1, 0.15) is 38.7 Å². The third-order valence-corrected chi connectivity index (χ3v) is 5.70. The van der Waals surface area contributed by atoms with Gasteiger partial charge in [-0.1, -0.05) is 6.42 Å². The minimum Gasteiger partial charge on any atom is -0.372 e. The SMILES string of the molecule is CCN(CC)c1ccc(N2CCN(C(=O)C3CCC3)CC2)c(C)c1. The average Bonchev–Trinajstić information content (AvgIpc) is 2.55. The summed E-state index contributed by atoms with van der Waals surface area (Å²) in [4.78, 5) is 19.3. The number of piperazine rings is 1. The topological polar surface area (TPSA) is 26.8 Å². The maximum atomic E-state index is 12.4. The number of aryl methyl sites for hydroxylation is 1. The highest BCUT2D eigenvalue weighted by atomic mass is 16.2. The summed E-state index contributed by atoms with van der Waals surface area (Å²) in [7, 11) is 0. The first-order chi connectivity index (χ1) is 11.6. The van der Waals surface area contributed by atoms with Crippen LogP contribution < -0.4 is 9.80 Å². The molecule has 1 aromatic carbocycles. The smallest absolute Gasteiger partial charge is 0.225 e. The monoisotopic (exact) mass is 329 g/mol. The van der Waals surface area contributed by atoms with Crippen LogP contribution in [0.2, 0.25) is 0 Å². The summed E-state index contributed by atoms with van der Waals surface area (Å²) in [5.74, 6) is 0.723. The van der Waals surface area contributed by atoms with E-state index in [2.05, 4.69) is 53.7 Å². The van der Waals surface area contributed by atoms with Gasteiger partial charge in [-0.2, -0.15) is 0 Å². The second-order valence-electron chi connectivity index (χ2n) is 7.08. The summed E-state index contributed by atoms with van der Waals surface area (Å²) >= 11 is 0. The van der Waals surface area contributed by atoms with Gasteiger partial charge in [0.05, 0.1) is 0 Å². The van der Waals surface area contributed by atoms with Crippen LogP contribution >= 0.6 is 0 Å². The maximum absolute atomic E-state index is 12.4. The van der Waals surface area contributed by atoms with E-state index in [1.54, 1.807) is 0 Å². The standard InChI is InChI=1S/C20H31N3O/c1-4-21(5-2)18-9-10-19(16(3)15-18)22-11-13-23(14-12-22)20(24)17-7-6-8-17/h9-10,15,17H,4-8,11-14H2,1-3H3. The van der Waals surface area contributed by atoms with Crippen LogP contribution in [0.4, 0.5) is 11.4 Å². The second kappa shape index (κ2) is 7.45. The highest BCUT2D eigenvalue weighted by Gasteiger charge is 2.31. The lowest BCUT2D eigenvalue weighted by molar-refractivity contribution is -0.138. The third kappa shape index (κ3) is 3.38. The molecule has 1 amide bonds. The van der Waals surface area contributed by atoms with Gasteiger partial charge in [-0.05, 0) is 57.4 Å². The molecule has 3 rings (SSSR count). The van der Waals surface area contributed by atoms with Crippen LogP contribution in [-0.2, 0) is 4.79 Å². The molecule has 1 aliphatic carbocycles. The largest absolute Gasteiger partial charge is 0.372 e. The number of carbonyl (C=O) groups is 1. The average molecular weight is 329 g/mol. The van der Waals surface area contributed by atoms with Crippen LogP contribution in [0.5, 0.6) is 0 Å². The number of rotatable bonds is 5. The van der Waals surface area contributed by atoms with Crippen molar-refractivity contribution >= 4 is 17.3 Å². The molecule has 0 unspecified atom stereocenters. The molecule has 0 atom stereocenters. The lowest BCUT2D eigenvalue weighted by atomic mass is 9.84. The van der Waals surface area contributed by atoms with E-state index in [0.29, 0.717) is 11.8 Å². The number of anilines is 2. The fourth-order valence-electron chi connectivity index (χ4n) is 3.86. The van der Waals surface area contributed by atoms with Crippen molar-refractivity contribution in [1.29, 1.82) is 0 Å². The van der Waals surface area contributed by atoms with Gasteiger partial charge in [0.25, 0.3) is 0 Å². The normalized spacial score (nSPS) is 18.5. The molecule has 0 spiro atoms. The zero-order valence-corrected chi connectivity index (χ0v) is 15.4. The molecule has 24 heavy (non-hydrogen) atoms. The predicted octanol–water partition coefficient (Wildman–Crippen LogP) is 3.29. The van der Waals surface area contributed by atoms with Gasteiger partial charge < -0.3 is 14.7 Å². The zero-order chi connectivity index (χ0) is 17.1. The maximum Gasteiger partial charge on any atom is 0.225 e. The summed E-state index contributed by atoms with van der Waals surface area (Å²) in [6.07, 6.45) is 3.43. The summed E-state index contributed by atoms with van der Waals surface area (Å²) in [5.41, 5.74) is 3.96. The Morgan fingerprint density at radius 3 is 2.29 bits per heavy atom. The van der Waals surface area contributed by atoms with Gasteiger partial charge >= 0.3 is 0 Å². The number of hydrogen-bond acceptors (Lipinski definition) is 3. The molecule has 1 aliphatic heterocycles. The van der Waals surface area contributed by atoms with Crippen molar-refractivity contribution < 1.29 is 4.79 Å². The quantitative estimate of drug-likeness (QED) is 0.829. The van der Waals surface area contributed by atoms with E-state index in [9.17, 15) is 4.79 Å². The number of amides is 1. The number of nitrogens with zero attached hydrogens (tertiary/aromatic N) is 3. The van der Waals surface area contributed by atoms with Gasteiger partial charge in [0.15, 0.2) is 0 Å². The Balaban J connectivity index is 1.62. The predicted molar refractivity (Wildman–Crippen MR) is 101 cm³/mol. The molecular weight excluding hydrogens is 298 g/mol. The molecule has 1 aromatic rings. The van der Waals surface area contributed by atoms with Gasteiger partial charge in [0.1, 0.15) is 0 Å². The second-order valence-corrected chi connectivity index (χ2v) is 7.08. The van der Waals surface area contributed by atoms with Crippen molar-refractivity contribution in [1.82, 2.24) is 4.90 Å². The van der Waals surface area contributed by atoms with Gasteiger partial charge in [-0.25, -0.2) is 0 Å². The van der Waals surface area contributed by atoms with E-state index >= 15 is 0 Å². The molecule has 1 heterocycles. The molecule has 1 saturated carbocycles. The van der Waals surface area contributed by atoms with Crippen LogP contribution in [0.25, 0.3) is 0 Å². The van der Waals surface area contributed by atoms with Crippen LogP contribution in [0, 0.1) is 12.8 Å². The van der Waals surface area contributed by atoms with Gasteiger partial charge in [0.2, 0.25) is 5.91 Å².